The SMILES string of the molecule is COC(=O)c1ccc(C(=O)c2ccccc2F)cc1OC1COC1. The van der Waals surface area contributed by atoms with E-state index in [4.69, 9.17) is 14.2 Å². The summed E-state index contributed by atoms with van der Waals surface area (Å²) in [6, 6.07) is 10.0. The van der Waals surface area contributed by atoms with E-state index in [2.05, 4.69) is 0 Å². The van der Waals surface area contributed by atoms with Crippen LogP contribution in [0.1, 0.15) is 26.3 Å². The fraction of sp³-hybridized carbons (Fsp3) is 0.222. The number of rotatable bonds is 5. The first-order chi connectivity index (χ1) is 11.6. The van der Waals surface area contributed by atoms with E-state index in [0.717, 1.165) is 0 Å². The van der Waals surface area contributed by atoms with Crippen molar-refractivity contribution in [2.24, 2.45) is 0 Å². The predicted molar refractivity (Wildman–Crippen MR) is 82.8 cm³/mol. The molecular formula is C18H15FO5. The Labute approximate surface area is 138 Å². The van der Waals surface area contributed by atoms with E-state index in [1.54, 1.807) is 6.07 Å². The Morgan fingerprint density at radius 2 is 1.88 bits per heavy atom. The van der Waals surface area contributed by atoms with Crippen LogP contribution < -0.4 is 4.74 Å². The molecule has 0 radical (unpaired) electrons. The second kappa shape index (κ2) is 6.80. The number of methoxy groups -OCH3 is 1. The normalized spacial score (nSPS) is 13.9. The zero-order chi connectivity index (χ0) is 17.1. The number of halogens is 1. The fourth-order valence-electron chi connectivity index (χ4n) is 2.30. The summed E-state index contributed by atoms with van der Waals surface area (Å²) in [4.78, 5) is 24.4. The molecule has 1 heterocycles. The molecule has 0 N–H and O–H groups in total. The van der Waals surface area contributed by atoms with Gasteiger partial charge in [-0.2, -0.15) is 0 Å². The highest BCUT2D eigenvalue weighted by Crippen LogP contribution is 2.26. The average molecular weight is 330 g/mol. The lowest BCUT2D eigenvalue weighted by atomic mass is 10.0. The first-order valence-corrected chi connectivity index (χ1v) is 7.36. The molecule has 2 aromatic rings. The zero-order valence-corrected chi connectivity index (χ0v) is 13.0. The Bertz CT molecular complexity index is 783. The summed E-state index contributed by atoms with van der Waals surface area (Å²) >= 11 is 0. The Morgan fingerprint density at radius 1 is 1.12 bits per heavy atom. The smallest absolute Gasteiger partial charge is 0.341 e. The van der Waals surface area contributed by atoms with Gasteiger partial charge in [-0.15, -0.1) is 0 Å². The van der Waals surface area contributed by atoms with Gasteiger partial charge in [0.1, 0.15) is 23.2 Å². The maximum Gasteiger partial charge on any atom is 0.341 e. The van der Waals surface area contributed by atoms with Crippen molar-refractivity contribution in [1.29, 1.82) is 0 Å². The van der Waals surface area contributed by atoms with Gasteiger partial charge in [-0.1, -0.05) is 12.1 Å². The van der Waals surface area contributed by atoms with Crippen molar-refractivity contribution in [1.82, 2.24) is 0 Å². The number of carbonyl (C=O) groups is 2. The molecule has 0 bridgehead atoms. The predicted octanol–water partition coefficient (Wildman–Crippen LogP) is 2.62. The average Bonchev–Trinajstić information content (AvgIpc) is 2.57. The van der Waals surface area contributed by atoms with Gasteiger partial charge in [-0.25, -0.2) is 9.18 Å². The Balaban J connectivity index is 1.96. The quantitative estimate of drug-likeness (QED) is 0.623. The Hall–Kier alpha value is -2.73. The molecule has 0 spiro atoms. The van der Waals surface area contributed by atoms with Crippen molar-refractivity contribution in [3.8, 4) is 5.75 Å². The van der Waals surface area contributed by atoms with Crippen molar-refractivity contribution in [2.45, 2.75) is 6.10 Å². The maximum absolute atomic E-state index is 13.8. The molecule has 0 aromatic heterocycles. The fourth-order valence-corrected chi connectivity index (χ4v) is 2.30. The maximum atomic E-state index is 13.8. The summed E-state index contributed by atoms with van der Waals surface area (Å²) in [6.45, 7) is 0.818. The number of hydrogen-bond donors (Lipinski definition) is 0. The van der Waals surface area contributed by atoms with Crippen LogP contribution in [0.25, 0.3) is 0 Å². The van der Waals surface area contributed by atoms with E-state index in [9.17, 15) is 14.0 Å². The van der Waals surface area contributed by atoms with Crippen LogP contribution in [0.2, 0.25) is 0 Å². The van der Waals surface area contributed by atoms with Crippen molar-refractivity contribution in [3.63, 3.8) is 0 Å². The van der Waals surface area contributed by atoms with Crippen molar-refractivity contribution in [2.75, 3.05) is 20.3 Å². The first-order valence-electron chi connectivity index (χ1n) is 7.36. The summed E-state index contributed by atoms with van der Waals surface area (Å²) in [5, 5.41) is 0. The first kappa shape index (κ1) is 16.1. The molecule has 3 rings (SSSR count). The van der Waals surface area contributed by atoms with Crippen LogP contribution in [0.5, 0.6) is 5.75 Å². The molecule has 0 amide bonds. The molecule has 0 atom stereocenters. The van der Waals surface area contributed by atoms with Crippen LogP contribution in [-0.4, -0.2) is 38.2 Å². The highest BCUT2D eigenvalue weighted by molar-refractivity contribution is 6.10. The molecule has 0 unspecified atom stereocenters. The van der Waals surface area contributed by atoms with Crippen LogP contribution >= 0.6 is 0 Å². The van der Waals surface area contributed by atoms with E-state index in [-0.39, 0.29) is 28.5 Å². The van der Waals surface area contributed by atoms with Gasteiger partial charge in [0.2, 0.25) is 0 Å². The number of benzene rings is 2. The molecule has 1 aliphatic rings. The van der Waals surface area contributed by atoms with Gasteiger partial charge in [0, 0.05) is 5.56 Å². The largest absolute Gasteiger partial charge is 0.485 e. The van der Waals surface area contributed by atoms with E-state index >= 15 is 0 Å². The number of hydrogen-bond acceptors (Lipinski definition) is 5. The summed E-state index contributed by atoms with van der Waals surface area (Å²) < 4.78 is 29.3. The second-order valence-corrected chi connectivity index (χ2v) is 5.29. The molecule has 124 valence electrons. The summed E-state index contributed by atoms with van der Waals surface area (Å²) in [5.74, 6) is -1.44. The van der Waals surface area contributed by atoms with Crippen LogP contribution in [0, 0.1) is 5.82 Å². The summed E-state index contributed by atoms with van der Waals surface area (Å²) in [6.07, 6.45) is -0.188. The van der Waals surface area contributed by atoms with Crippen LogP contribution in [0.15, 0.2) is 42.5 Å². The summed E-state index contributed by atoms with van der Waals surface area (Å²) in [5.41, 5.74) is 0.388. The second-order valence-electron chi connectivity index (χ2n) is 5.29. The van der Waals surface area contributed by atoms with Gasteiger partial charge in [0.05, 0.1) is 25.9 Å². The summed E-state index contributed by atoms with van der Waals surface area (Å²) in [7, 11) is 1.26. The molecule has 24 heavy (non-hydrogen) atoms. The molecule has 1 fully saturated rings. The number of carbonyl (C=O) groups excluding carboxylic acids is 2. The van der Waals surface area contributed by atoms with Crippen molar-refractivity contribution in [3.05, 3.63) is 65.0 Å². The molecule has 2 aromatic carbocycles. The van der Waals surface area contributed by atoms with Gasteiger partial charge in [0.15, 0.2) is 5.78 Å². The monoisotopic (exact) mass is 330 g/mol. The number of ketones is 1. The minimum absolute atomic E-state index is 0.0405. The minimum atomic E-state index is -0.602. The third-order valence-corrected chi connectivity index (χ3v) is 3.67. The lowest BCUT2D eigenvalue weighted by molar-refractivity contribution is -0.0799. The third-order valence-electron chi connectivity index (χ3n) is 3.67. The van der Waals surface area contributed by atoms with Gasteiger partial charge in [0.25, 0.3) is 0 Å². The van der Waals surface area contributed by atoms with Crippen LogP contribution in [-0.2, 0) is 9.47 Å². The standard InChI is InChI=1S/C18H15FO5/c1-22-18(21)14-7-6-11(8-16(14)24-12-9-23-10-12)17(20)13-4-2-3-5-15(13)19/h2-8,12H,9-10H2,1H3. The van der Waals surface area contributed by atoms with E-state index in [1.165, 1.54) is 43.5 Å². The third kappa shape index (κ3) is 3.14. The highest BCUT2D eigenvalue weighted by atomic mass is 19.1. The van der Waals surface area contributed by atoms with Crippen molar-refractivity contribution < 1.29 is 28.2 Å². The van der Waals surface area contributed by atoms with E-state index in [1.807, 2.05) is 0 Å². The highest BCUT2D eigenvalue weighted by Gasteiger charge is 2.25. The van der Waals surface area contributed by atoms with E-state index in [0.29, 0.717) is 13.2 Å². The Morgan fingerprint density at radius 3 is 2.50 bits per heavy atom. The number of esters is 1. The molecule has 5 nitrogen and oxygen atoms in total. The van der Waals surface area contributed by atoms with Crippen molar-refractivity contribution >= 4 is 11.8 Å². The van der Waals surface area contributed by atoms with Crippen LogP contribution in [0.3, 0.4) is 0 Å². The molecular weight excluding hydrogens is 315 g/mol. The topological polar surface area (TPSA) is 61.8 Å². The molecule has 0 aliphatic carbocycles. The lowest BCUT2D eigenvalue weighted by Crippen LogP contribution is -2.39. The van der Waals surface area contributed by atoms with Gasteiger partial charge >= 0.3 is 5.97 Å². The Kier molecular flexibility index (Phi) is 4.57. The van der Waals surface area contributed by atoms with E-state index < -0.39 is 17.6 Å². The zero-order valence-electron chi connectivity index (χ0n) is 13.0. The number of ether oxygens (including phenoxy) is 3. The minimum Gasteiger partial charge on any atom is -0.485 e. The molecule has 1 aliphatic heterocycles. The molecule has 1 saturated heterocycles. The lowest BCUT2D eigenvalue weighted by Gasteiger charge is -2.27. The molecule has 6 heteroatoms. The molecule has 0 saturated carbocycles. The van der Waals surface area contributed by atoms with Crippen LogP contribution in [0.4, 0.5) is 4.39 Å². The van der Waals surface area contributed by atoms with Gasteiger partial charge in [-0.3, -0.25) is 4.79 Å². The van der Waals surface area contributed by atoms with Gasteiger partial charge < -0.3 is 14.2 Å². The van der Waals surface area contributed by atoms with Gasteiger partial charge in [-0.05, 0) is 30.3 Å².